The highest BCUT2D eigenvalue weighted by Crippen LogP contribution is 2.23. The van der Waals surface area contributed by atoms with Gasteiger partial charge >= 0.3 is 0 Å². The highest BCUT2D eigenvalue weighted by atomic mass is 35.5. The van der Waals surface area contributed by atoms with Crippen LogP contribution >= 0.6 is 11.6 Å². The van der Waals surface area contributed by atoms with Crippen molar-refractivity contribution >= 4 is 23.2 Å². The van der Waals surface area contributed by atoms with Crippen LogP contribution in [0.2, 0.25) is 5.02 Å². The van der Waals surface area contributed by atoms with Crippen molar-refractivity contribution in [2.45, 2.75) is 46.6 Å². The van der Waals surface area contributed by atoms with Crippen molar-refractivity contribution < 1.29 is 4.79 Å². The van der Waals surface area contributed by atoms with Gasteiger partial charge in [0.05, 0.1) is 6.04 Å². The average Bonchev–Trinajstić information content (AvgIpc) is 2.44. The normalized spacial score (nSPS) is 12.5. The average molecular weight is 297 g/mol. The van der Waals surface area contributed by atoms with Crippen molar-refractivity contribution in [2.75, 3.05) is 18.4 Å². The molecule has 0 saturated carbocycles. The molecule has 3 nitrogen and oxygen atoms in total. The first-order valence-corrected chi connectivity index (χ1v) is 7.69. The van der Waals surface area contributed by atoms with Crippen LogP contribution in [0, 0.1) is 6.92 Å². The predicted molar refractivity (Wildman–Crippen MR) is 86.4 cm³/mol. The zero-order chi connectivity index (χ0) is 15.1. The van der Waals surface area contributed by atoms with Gasteiger partial charge in [-0.25, -0.2) is 0 Å². The smallest absolute Gasteiger partial charge is 0.241 e. The molecule has 0 aromatic heterocycles. The number of benzene rings is 1. The van der Waals surface area contributed by atoms with Crippen LogP contribution in [0.3, 0.4) is 0 Å². The van der Waals surface area contributed by atoms with Crippen LogP contribution in [0.4, 0.5) is 5.69 Å². The van der Waals surface area contributed by atoms with Crippen molar-refractivity contribution in [3.63, 3.8) is 0 Å². The Labute approximate surface area is 127 Å². The summed E-state index contributed by atoms with van der Waals surface area (Å²) in [5, 5.41) is 3.65. The summed E-state index contributed by atoms with van der Waals surface area (Å²) in [6.07, 6.45) is 2.25. The lowest BCUT2D eigenvalue weighted by Gasteiger charge is -2.27. The van der Waals surface area contributed by atoms with E-state index in [1.54, 1.807) is 0 Å². The number of hydrogen-bond donors (Lipinski definition) is 1. The first-order valence-electron chi connectivity index (χ1n) is 7.31. The molecular weight excluding hydrogens is 272 g/mol. The Bertz CT molecular complexity index is 448. The number of likely N-dealkylation sites (N-methyl/N-ethyl adjacent to an activating group) is 1. The predicted octanol–water partition coefficient (Wildman–Crippen LogP) is 4.10. The molecule has 0 aliphatic carbocycles. The maximum atomic E-state index is 12.3. The van der Waals surface area contributed by atoms with E-state index < -0.39 is 0 Å². The number of halogens is 1. The minimum atomic E-state index is -0.134. The zero-order valence-corrected chi connectivity index (χ0v) is 13.6. The van der Waals surface area contributed by atoms with Gasteiger partial charge in [0.15, 0.2) is 0 Å². The molecule has 0 bridgehead atoms. The van der Waals surface area contributed by atoms with Crippen LogP contribution in [-0.2, 0) is 4.79 Å². The van der Waals surface area contributed by atoms with Gasteiger partial charge in [0, 0.05) is 10.7 Å². The van der Waals surface area contributed by atoms with E-state index in [0.717, 1.165) is 37.2 Å². The largest absolute Gasteiger partial charge is 0.324 e. The molecule has 0 heterocycles. The van der Waals surface area contributed by atoms with E-state index in [2.05, 4.69) is 24.1 Å². The van der Waals surface area contributed by atoms with Gasteiger partial charge in [-0.05, 0) is 51.1 Å². The van der Waals surface area contributed by atoms with E-state index in [9.17, 15) is 4.79 Å². The van der Waals surface area contributed by atoms with Crippen molar-refractivity contribution in [2.24, 2.45) is 0 Å². The summed E-state index contributed by atoms with van der Waals surface area (Å²) in [7, 11) is 0. The van der Waals surface area contributed by atoms with Gasteiger partial charge in [0.1, 0.15) is 0 Å². The van der Waals surface area contributed by atoms with E-state index in [0.29, 0.717) is 5.02 Å². The molecule has 0 fully saturated rings. The van der Waals surface area contributed by atoms with E-state index in [1.165, 1.54) is 0 Å². The first-order chi connectivity index (χ1) is 9.51. The standard InChI is InChI=1S/C16H25ClN2O/c1-5-7-11-19(6-2)13(4)16(20)18-15-10-8-9-14(17)12(15)3/h8-10,13H,5-7,11H2,1-4H3,(H,18,20). The lowest BCUT2D eigenvalue weighted by molar-refractivity contribution is -0.120. The molecule has 1 rings (SSSR count). The molecular formula is C16H25ClN2O. The highest BCUT2D eigenvalue weighted by Gasteiger charge is 2.20. The first kappa shape index (κ1) is 17.0. The lowest BCUT2D eigenvalue weighted by atomic mass is 10.1. The second-order valence-electron chi connectivity index (χ2n) is 5.06. The molecule has 1 atom stereocenters. The number of amides is 1. The highest BCUT2D eigenvalue weighted by molar-refractivity contribution is 6.31. The van der Waals surface area contributed by atoms with Crippen molar-refractivity contribution in [3.05, 3.63) is 28.8 Å². The Morgan fingerprint density at radius 3 is 2.70 bits per heavy atom. The van der Waals surface area contributed by atoms with Gasteiger partial charge in [-0.2, -0.15) is 0 Å². The van der Waals surface area contributed by atoms with E-state index in [4.69, 9.17) is 11.6 Å². The van der Waals surface area contributed by atoms with Crippen LogP contribution < -0.4 is 5.32 Å². The number of nitrogens with zero attached hydrogens (tertiary/aromatic N) is 1. The minimum absolute atomic E-state index is 0.0216. The molecule has 112 valence electrons. The van der Waals surface area contributed by atoms with E-state index >= 15 is 0 Å². The Kier molecular flexibility index (Phi) is 7.03. The Balaban J connectivity index is 2.71. The maximum Gasteiger partial charge on any atom is 0.241 e. The molecule has 0 radical (unpaired) electrons. The second-order valence-corrected chi connectivity index (χ2v) is 5.47. The van der Waals surface area contributed by atoms with E-state index in [1.807, 2.05) is 32.0 Å². The summed E-state index contributed by atoms with van der Waals surface area (Å²) < 4.78 is 0. The summed E-state index contributed by atoms with van der Waals surface area (Å²) in [6, 6.07) is 5.43. The quantitative estimate of drug-likeness (QED) is 0.821. The van der Waals surface area contributed by atoms with Crippen LogP contribution in [0.15, 0.2) is 18.2 Å². The van der Waals surface area contributed by atoms with Crippen LogP contribution in [0.5, 0.6) is 0 Å². The molecule has 1 aromatic rings. The van der Waals surface area contributed by atoms with E-state index in [-0.39, 0.29) is 11.9 Å². The fourth-order valence-corrected chi connectivity index (χ4v) is 2.31. The number of nitrogens with one attached hydrogen (secondary N) is 1. The summed E-state index contributed by atoms with van der Waals surface area (Å²) >= 11 is 6.07. The molecule has 1 aromatic carbocycles. The number of anilines is 1. The Morgan fingerprint density at radius 1 is 1.40 bits per heavy atom. The molecule has 1 N–H and O–H groups in total. The molecule has 20 heavy (non-hydrogen) atoms. The number of hydrogen-bond acceptors (Lipinski definition) is 2. The number of unbranched alkanes of at least 4 members (excludes halogenated alkanes) is 1. The number of rotatable bonds is 7. The molecule has 1 amide bonds. The van der Waals surface area contributed by atoms with Crippen molar-refractivity contribution in [1.82, 2.24) is 4.90 Å². The van der Waals surface area contributed by atoms with Crippen LogP contribution in [-0.4, -0.2) is 29.9 Å². The molecule has 4 heteroatoms. The fraction of sp³-hybridized carbons (Fsp3) is 0.562. The molecule has 0 aliphatic heterocycles. The summed E-state index contributed by atoms with van der Waals surface area (Å²) in [5.74, 6) is 0.0216. The summed E-state index contributed by atoms with van der Waals surface area (Å²) in [5.41, 5.74) is 1.70. The Hall–Kier alpha value is -1.06. The number of carbonyl (C=O) groups is 1. The van der Waals surface area contributed by atoms with Gasteiger partial charge in [0.25, 0.3) is 0 Å². The topological polar surface area (TPSA) is 32.3 Å². The summed E-state index contributed by atoms with van der Waals surface area (Å²) in [4.78, 5) is 14.5. The fourth-order valence-electron chi connectivity index (χ4n) is 2.13. The number of carbonyl (C=O) groups excluding carboxylic acids is 1. The van der Waals surface area contributed by atoms with Crippen LogP contribution in [0.1, 0.15) is 39.2 Å². The second kappa shape index (κ2) is 8.28. The third-order valence-electron chi connectivity index (χ3n) is 3.66. The maximum absolute atomic E-state index is 12.3. The lowest BCUT2D eigenvalue weighted by Crippen LogP contribution is -2.42. The third kappa shape index (κ3) is 4.50. The monoisotopic (exact) mass is 296 g/mol. The minimum Gasteiger partial charge on any atom is -0.324 e. The molecule has 1 unspecified atom stereocenters. The zero-order valence-electron chi connectivity index (χ0n) is 12.9. The molecule has 0 aliphatic rings. The summed E-state index contributed by atoms with van der Waals surface area (Å²) in [6.45, 7) is 9.95. The van der Waals surface area contributed by atoms with Crippen molar-refractivity contribution in [1.29, 1.82) is 0 Å². The van der Waals surface area contributed by atoms with Gasteiger partial charge in [-0.1, -0.05) is 37.9 Å². The van der Waals surface area contributed by atoms with Gasteiger partial charge in [-0.3, -0.25) is 9.69 Å². The van der Waals surface area contributed by atoms with Crippen LogP contribution in [0.25, 0.3) is 0 Å². The molecule has 0 spiro atoms. The molecule has 0 saturated heterocycles. The van der Waals surface area contributed by atoms with Gasteiger partial charge < -0.3 is 5.32 Å². The Morgan fingerprint density at radius 2 is 2.10 bits per heavy atom. The van der Waals surface area contributed by atoms with Crippen molar-refractivity contribution in [3.8, 4) is 0 Å². The SMILES string of the molecule is CCCCN(CC)C(C)C(=O)Nc1cccc(Cl)c1C. The van der Waals surface area contributed by atoms with Gasteiger partial charge in [-0.15, -0.1) is 0 Å². The van der Waals surface area contributed by atoms with Gasteiger partial charge in [0.2, 0.25) is 5.91 Å². The third-order valence-corrected chi connectivity index (χ3v) is 4.07.